The van der Waals surface area contributed by atoms with Crippen molar-refractivity contribution in [2.75, 3.05) is 5.32 Å². The van der Waals surface area contributed by atoms with Gasteiger partial charge in [-0.2, -0.15) is 5.10 Å². The number of carbonyl (C=O) groups excluding carboxylic acids is 1. The second-order valence-electron chi connectivity index (χ2n) is 4.16. The van der Waals surface area contributed by atoms with Gasteiger partial charge in [0.1, 0.15) is 0 Å². The lowest BCUT2D eigenvalue weighted by atomic mass is 10.3. The van der Waals surface area contributed by atoms with Crippen molar-refractivity contribution in [1.29, 1.82) is 0 Å². The Morgan fingerprint density at radius 3 is 2.95 bits per heavy atom. The third-order valence-corrected chi connectivity index (χ3v) is 3.55. The molecule has 1 N–H and O–H groups in total. The molecule has 104 valence electrons. The van der Waals surface area contributed by atoms with Crippen LogP contribution in [0.15, 0.2) is 60.4 Å². The molecule has 0 aromatic carbocycles. The van der Waals surface area contributed by atoms with Crippen LogP contribution in [0.1, 0.15) is 4.88 Å². The first-order chi connectivity index (χ1) is 10.3. The number of amides is 1. The first-order valence-corrected chi connectivity index (χ1v) is 7.18. The molecule has 0 fully saturated rings. The summed E-state index contributed by atoms with van der Waals surface area (Å²) in [6, 6.07) is 9.26. The largest absolute Gasteiger partial charge is 0.319 e. The Morgan fingerprint density at radius 2 is 2.19 bits per heavy atom. The number of hydrogen-bond donors (Lipinski definition) is 1. The van der Waals surface area contributed by atoms with E-state index in [2.05, 4.69) is 15.4 Å². The summed E-state index contributed by atoms with van der Waals surface area (Å²) in [6.45, 7) is 0. The Hall–Kier alpha value is -2.73. The lowest BCUT2D eigenvalue weighted by molar-refractivity contribution is -0.111. The first-order valence-electron chi connectivity index (χ1n) is 6.30. The van der Waals surface area contributed by atoms with Crippen molar-refractivity contribution in [3.05, 3.63) is 65.3 Å². The number of anilines is 1. The van der Waals surface area contributed by atoms with Crippen molar-refractivity contribution in [3.63, 3.8) is 0 Å². The Balaban J connectivity index is 1.77. The average molecular weight is 296 g/mol. The smallest absolute Gasteiger partial charge is 0.248 e. The minimum absolute atomic E-state index is 0.204. The molecule has 0 radical (unpaired) electrons. The van der Waals surface area contributed by atoms with Gasteiger partial charge in [0, 0.05) is 29.5 Å². The van der Waals surface area contributed by atoms with Gasteiger partial charge >= 0.3 is 0 Å². The fraction of sp³-hybridized carbons (Fsp3) is 0. The van der Waals surface area contributed by atoms with Gasteiger partial charge in [-0.05, 0) is 35.7 Å². The number of thiophene rings is 1. The van der Waals surface area contributed by atoms with Gasteiger partial charge < -0.3 is 5.32 Å². The van der Waals surface area contributed by atoms with Crippen LogP contribution < -0.4 is 5.32 Å². The SMILES string of the molecule is O=C(C=Cc1cccs1)Nc1cccnc1-n1cccn1. The van der Waals surface area contributed by atoms with Gasteiger partial charge in [0.15, 0.2) is 5.82 Å². The highest BCUT2D eigenvalue weighted by Crippen LogP contribution is 2.16. The molecule has 0 unspecified atom stereocenters. The maximum atomic E-state index is 12.0. The molecule has 0 saturated carbocycles. The maximum Gasteiger partial charge on any atom is 0.248 e. The highest BCUT2D eigenvalue weighted by molar-refractivity contribution is 7.10. The zero-order valence-electron chi connectivity index (χ0n) is 11.0. The predicted octanol–water partition coefficient (Wildman–Crippen LogP) is 2.98. The fourth-order valence-corrected chi connectivity index (χ4v) is 2.41. The normalized spacial score (nSPS) is 10.9. The Labute approximate surface area is 125 Å². The zero-order valence-corrected chi connectivity index (χ0v) is 11.8. The summed E-state index contributed by atoms with van der Waals surface area (Å²) < 4.78 is 1.61. The van der Waals surface area contributed by atoms with E-state index in [0.29, 0.717) is 11.5 Å². The molecule has 0 aliphatic rings. The van der Waals surface area contributed by atoms with Crippen LogP contribution in [-0.2, 0) is 4.79 Å². The van der Waals surface area contributed by atoms with E-state index in [1.165, 1.54) is 6.08 Å². The van der Waals surface area contributed by atoms with Crippen LogP contribution in [-0.4, -0.2) is 20.7 Å². The van der Waals surface area contributed by atoms with Gasteiger partial charge in [0.2, 0.25) is 5.91 Å². The Kier molecular flexibility index (Phi) is 3.88. The fourth-order valence-electron chi connectivity index (χ4n) is 1.79. The third kappa shape index (κ3) is 3.24. The van der Waals surface area contributed by atoms with Crippen LogP contribution in [0.4, 0.5) is 5.69 Å². The Bertz CT molecular complexity index is 748. The molecule has 3 aromatic heterocycles. The maximum absolute atomic E-state index is 12.0. The van der Waals surface area contributed by atoms with E-state index in [0.717, 1.165) is 4.88 Å². The summed E-state index contributed by atoms with van der Waals surface area (Å²) in [5.41, 5.74) is 0.613. The molecule has 3 heterocycles. The van der Waals surface area contributed by atoms with Gasteiger partial charge in [-0.3, -0.25) is 4.79 Å². The van der Waals surface area contributed by atoms with Crippen molar-refractivity contribution in [2.45, 2.75) is 0 Å². The van der Waals surface area contributed by atoms with E-state index in [1.807, 2.05) is 17.5 Å². The summed E-state index contributed by atoms with van der Waals surface area (Å²) in [5.74, 6) is 0.380. The van der Waals surface area contributed by atoms with Crippen LogP contribution in [0.5, 0.6) is 0 Å². The first kappa shape index (κ1) is 13.3. The topological polar surface area (TPSA) is 59.8 Å². The van der Waals surface area contributed by atoms with E-state index in [1.54, 1.807) is 58.9 Å². The van der Waals surface area contributed by atoms with Crippen LogP contribution in [0.25, 0.3) is 11.9 Å². The zero-order chi connectivity index (χ0) is 14.5. The van der Waals surface area contributed by atoms with E-state index >= 15 is 0 Å². The molecule has 0 aliphatic heterocycles. The summed E-state index contributed by atoms with van der Waals surface area (Å²) in [5, 5.41) is 8.91. The minimum Gasteiger partial charge on any atom is -0.319 e. The van der Waals surface area contributed by atoms with Crippen molar-refractivity contribution in [1.82, 2.24) is 14.8 Å². The molecule has 1 amide bonds. The van der Waals surface area contributed by atoms with E-state index in [-0.39, 0.29) is 5.91 Å². The van der Waals surface area contributed by atoms with E-state index < -0.39 is 0 Å². The monoisotopic (exact) mass is 296 g/mol. The number of aromatic nitrogens is 3. The van der Waals surface area contributed by atoms with Gasteiger partial charge in [0.25, 0.3) is 0 Å². The molecular formula is C15H12N4OS. The van der Waals surface area contributed by atoms with E-state index in [9.17, 15) is 4.79 Å². The average Bonchev–Trinajstić information content (AvgIpc) is 3.19. The van der Waals surface area contributed by atoms with E-state index in [4.69, 9.17) is 0 Å². The molecule has 6 heteroatoms. The van der Waals surface area contributed by atoms with Crippen LogP contribution >= 0.6 is 11.3 Å². The highest BCUT2D eigenvalue weighted by Gasteiger charge is 2.07. The van der Waals surface area contributed by atoms with Crippen molar-refractivity contribution >= 4 is 29.0 Å². The molecule has 0 spiro atoms. The van der Waals surface area contributed by atoms with Gasteiger partial charge in [-0.25, -0.2) is 9.67 Å². The second-order valence-corrected chi connectivity index (χ2v) is 5.14. The molecule has 3 rings (SSSR count). The lowest BCUT2D eigenvalue weighted by Crippen LogP contribution is -2.11. The predicted molar refractivity (Wildman–Crippen MR) is 83.3 cm³/mol. The summed E-state index contributed by atoms with van der Waals surface area (Å²) in [4.78, 5) is 17.3. The van der Waals surface area contributed by atoms with Crippen molar-refractivity contribution in [2.24, 2.45) is 0 Å². The van der Waals surface area contributed by atoms with Crippen molar-refractivity contribution in [3.8, 4) is 5.82 Å². The summed E-state index contributed by atoms with van der Waals surface area (Å²) in [7, 11) is 0. The number of hydrogen-bond acceptors (Lipinski definition) is 4. The minimum atomic E-state index is -0.204. The number of pyridine rings is 1. The standard InChI is InChI=1S/C15H12N4OS/c20-14(7-6-12-4-2-11-21-12)18-13-5-1-8-16-15(13)19-10-3-9-17-19/h1-11H,(H,18,20). The Morgan fingerprint density at radius 1 is 1.24 bits per heavy atom. The second kappa shape index (κ2) is 6.15. The highest BCUT2D eigenvalue weighted by atomic mass is 32.1. The molecule has 0 saturated heterocycles. The number of carbonyl (C=O) groups is 1. The molecule has 5 nitrogen and oxygen atoms in total. The number of nitrogens with zero attached hydrogens (tertiary/aromatic N) is 3. The molecule has 0 aliphatic carbocycles. The number of nitrogens with one attached hydrogen (secondary N) is 1. The van der Waals surface area contributed by atoms with Gasteiger partial charge in [-0.1, -0.05) is 6.07 Å². The van der Waals surface area contributed by atoms with Crippen molar-refractivity contribution < 1.29 is 4.79 Å². The molecule has 3 aromatic rings. The van der Waals surface area contributed by atoms with Gasteiger partial charge in [0.05, 0.1) is 5.69 Å². The quantitative estimate of drug-likeness (QED) is 0.753. The van der Waals surface area contributed by atoms with Gasteiger partial charge in [-0.15, -0.1) is 11.3 Å². The molecule has 21 heavy (non-hydrogen) atoms. The third-order valence-electron chi connectivity index (χ3n) is 2.71. The molecule has 0 bridgehead atoms. The molecular weight excluding hydrogens is 284 g/mol. The van der Waals surface area contributed by atoms with Crippen LogP contribution in [0.3, 0.4) is 0 Å². The lowest BCUT2D eigenvalue weighted by Gasteiger charge is -2.08. The summed E-state index contributed by atoms with van der Waals surface area (Å²) >= 11 is 1.58. The molecule has 0 atom stereocenters. The van der Waals surface area contributed by atoms with Crippen LogP contribution in [0, 0.1) is 0 Å². The van der Waals surface area contributed by atoms with Crippen LogP contribution in [0.2, 0.25) is 0 Å². The number of rotatable bonds is 4. The summed E-state index contributed by atoms with van der Waals surface area (Å²) in [6.07, 6.45) is 8.39.